The second-order valence-electron chi connectivity index (χ2n) is 18.9. The molecule has 0 fully saturated rings. The summed E-state index contributed by atoms with van der Waals surface area (Å²) in [5.74, 6) is -0.0916. The van der Waals surface area contributed by atoms with E-state index in [-0.39, 0.29) is 18.5 Å². The summed E-state index contributed by atoms with van der Waals surface area (Å²) in [5, 5.41) is 23.2. The number of hydrogen-bond acceptors (Lipinski definition) is 5. The lowest BCUT2D eigenvalue weighted by molar-refractivity contribution is -0.143. The van der Waals surface area contributed by atoms with E-state index in [2.05, 4.69) is 67.8 Å². The molecule has 0 rings (SSSR count). The van der Waals surface area contributed by atoms with Gasteiger partial charge in [-0.2, -0.15) is 0 Å². The van der Waals surface area contributed by atoms with Crippen molar-refractivity contribution in [3.05, 3.63) is 48.6 Å². The van der Waals surface area contributed by atoms with E-state index in [1.807, 2.05) is 0 Å². The molecule has 6 nitrogen and oxygen atoms in total. The highest BCUT2D eigenvalue weighted by Gasteiger charge is 2.20. The Hall–Kier alpha value is -2.18. The van der Waals surface area contributed by atoms with Crippen LogP contribution in [0.3, 0.4) is 0 Å². The number of ether oxygens (including phenoxy) is 1. The zero-order chi connectivity index (χ0) is 46.5. The molecule has 2 atom stereocenters. The van der Waals surface area contributed by atoms with E-state index in [9.17, 15) is 19.8 Å². The van der Waals surface area contributed by atoms with Crippen molar-refractivity contribution in [1.29, 1.82) is 0 Å². The molecule has 374 valence electrons. The number of rotatable bonds is 51. The summed E-state index contributed by atoms with van der Waals surface area (Å²) >= 11 is 0. The maximum atomic E-state index is 12.4. The van der Waals surface area contributed by atoms with Crippen LogP contribution in [0.4, 0.5) is 0 Å². The third kappa shape index (κ3) is 49.3. The summed E-state index contributed by atoms with van der Waals surface area (Å²) in [6.07, 6.45) is 66.8. The van der Waals surface area contributed by atoms with Gasteiger partial charge in [0.2, 0.25) is 5.91 Å². The molecule has 64 heavy (non-hydrogen) atoms. The normalized spacial score (nSPS) is 13.0. The fraction of sp³-hybridized carbons (Fsp3) is 0.828. The summed E-state index contributed by atoms with van der Waals surface area (Å²) in [6, 6.07) is -0.545. The van der Waals surface area contributed by atoms with Crippen LogP contribution in [0.5, 0.6) is 0 Å². The summed E-state index contributed by atoms with van der Waals surface area (Å²) in [4.78, 5) is 24.4. The van der Waals surface area contributed by atoms with Crippen molar-refractivity contribution >= 4 is 11.9 Å². The van der Waals surface area contributed by atoms with Crippen molar-refractivity contribution in [1.82, 2.24) is 5.32 Å². The molecule has 0 spiro atoms. The molecule has 0 aliphatic rings. The molecule has 0 aromatic rings. The van der Waals surface area contributed by atoms with Gasteiger partial charge in [0, 0.05) is 12.8 Å². The van der Waals surface area contributed by atoms with Gasteiger partial charge >= 0.3 is 5.97 Å². The molecule has 0 aromatic carbocycles. The number of amides is 1. The topological polar surface area (TPSA) is 95.9 Å². The van der Waals surface area contributed by atoms with Gasteiger partial charge in [-0.05, 0) is 77.0 Å². The zero-order valence-corrected chi connectivity index (χ0v) is 42.5. The number of esters is 1. The lowest BCUT2D eigenvalue weighted by Gasteiger charge is -2.22. The minimum absolute atomic E-state index is 0.0418. The van der Waals surface area contributed by atoms with Gasteiger partial charge in [0.1, 0.15) is 0 Å². The molecule has 0 aromatic heterocycles. The zero-order valence-electron chi connectivity index (χ0n) is 42.5. The van der Waals surface area contributed by atoms with E-state index in [4.69, 9.17) is 4.74 Å². The predicted octanol–water partition coefficient (Wildman–Crippen LogP) is 17.0. The molecule has 0 saturated heterocycles. The van der Waals surface area contributed by atoms with Gasteiger partial charge in [0.15, 0.2) is 0 Å². The molecule has 2 unspecified atom stereocenters. The number of nitrogens with one attached hydrogen (secondary N) is 1. The Balaban J connectivity index is 3.46. The molecule has 0 bridgehead atoms. The Bertz CT molecular complexity index is 1080. The van der Waals surface area contributed by atoms with Gasteiger partial charge in [0.05, 0.1) is 25.4 Å². The number of aliphatic hydroxyl groups excluding tert-OH is 2. The lowest BCUT2D eigenvalue weighted by Crippen LogP contribution is -2.45. The molecule has 0 aliphatic carbocycles. The van der Waals surface area contributed by atoms with Crippen molar-refractivity contribution in [2.75, 3.05) is 13.2 Å². The van der Waals surface area contributed by atoms with Crippen LogP contribution in [0.1, 0.15) is 284 Å². The van der Waals surface area contributed by atoms with Crippen molar-refractivity contribution in [2.45, 2.75) is 296 Å². The molecular weight excluding hydrogens is 791 g/mol. The standard InChI is InChI=1S/C58H107NO5/c1-3-5-7-9-11-13-15-16-24-28-32-36-40-44-48-52-58(63)64-53-49-45-41-37-33-29-26-23-21-19-17-18-20-22-25-27-31-35-39-43-47-51-57(62)59-55(54-60)56(61)50-46-42-38-34-30-14-12-10-8-6-4-2/h11,13,16,24,29,33,41,45,55-56,60-61H,3-10,12,14-15,17-23,25-28,30-32,34-40,42-44,46-54H2,1-2H3,(H,59,62)/b13-11-,24-16-,33-29-,45-41-. The van der Waals surface area contributed by atoms with E-state index in [1.54, 1.807) is 0 Å². The maximum Gasteiger partial charge on any atom is 0.305 e. The molecule has 6 heteroatoms. The largest absolute Gasteiger partial charge is 0.465 e. The first-order valence-electron chi connectivity index (χ1n) is 27.9. The van der Waals surface area contributed by atoms with Crippen molar-refractivity contribution < 1.29 is 24.5 Å². The molecule has 1 amide bonds. The van der Waals surface area contributed by atoms with Crippen LogP contribution >= 0.6 is 0 Å². The SMILES string of the molecule is CCCCC/C=C\C/C=C\CCCCCCCC(=O)OCC/C=C\C/C=C\CCCCCCCCCCCCCCCCC(=O)NC(CO)C(O)CCCCCCCCCCCCC. The van der Waals surface area contributed by atoms with Gasteiger partial charge in [-0.25, -0.2) is 0 Å². The maximum absolute atomic E-state index is 12.4. The van der Waals surface area contributed by atoms with Crippen molar-refractivity contribution in [3.8, 4) is 0 Å². The summed E-state index contributed by atoms with van der Waals surface area (Å²) in [7, 11) is 0. The number of unbranched alkanes of at least 4 members (excludes halogenated alkanes) is 32. The number of aliphatic hydroxyl groups is 2. The van der Waals surface area contributed by atoms with Crippen LogP contribution in [0, 0.1) is 0 Å². The van der Waals surface area contributed by atoms with Gasteiger partial charge in [-0.1, -0.05) is 242 Å². The van der Waals surface area contributed by atoms with E-state index >= 15 is 0 Å². The molecular formula is C58H107NO5. The average molecular weight is 898 g/mol. The summed E-state index contributed by atoms with van der Waals surface area (Å²) in [6.45, 7) is 4.80. The quantitative estimate of drug-likeness (QED) is 0.0321. The molecule has 0 saturated carbocycles. The Morgan fingerprint density at radius 2 is 0.781 bits per heavy atom. The Morgan fingerprint density at radius 1 is 0.438 bits per heavy atom. The fourth-order valence-electron chi connectivity index (χ4n) is 8.33. The first-order valence-corrected chi connectivity index (χ1v) is 27.9. The minimum Gasteiger partial charge on any atom is -0.465 e. The van der Waals surface area contributed by atoms with Crippen LogP contribution in [-0.4, -0.2) is 47.4 Å². The molecule has 0 radical (unpaired) electrons. The predicted molar refractivity (Wildman–Crippen MR) is 278 cm³/mol. The summed E-state index contributed by atoms with van der Waals surface area (Å²) < 4.78 is 5.40. The van der Waals surface area contributed by atoms with Gasteiger partial charge < -0.3 is 20.3 Å². The van der Waals surface area contributed by atoms with E-state index in [1.165, 1.54) is 186 Å². The Morgan fingerprint density at radius 3 is 1.22 bits per heavy atom. The Labute approximate surface area is 397 Å². The van der Waals surface area contributed by atoms with E-state index in [0.29, 0.717) is 25.9 Å². The van der Waals surface area contributed by atoms with Crippen LogP contribution in [0.2, 0.25) is 0 Å². The minimum atomic E-state index is -0.667. The number of carbonyl (C=O) groups excluding carboxylic acids is 2. The van der Waals surface area contributed by atoms with Crippen LogP contribution in [0.15, 0.2) is 48.6 Å². The number of allylic oxidation sites excluding steroid dienone is 7. The number of hydrogen-bond donors (Lipinski definition) is 3. The van der Waals surface area contributed by atoms with Crippen LogP contribution in [-0.2, 0) is 14.3 Å². The highest BCUT2D eigenvalue weighted by molar-refractivity contribution is 5.76. The first-order chi connectivity index (χ1) is 31.5. The smallest absolute Gasteiger partial charge is 0.305 e. The Kier molecular flexibility index (Phi) is 51.6. The van der Waals surface area contributed by atoms with Crippen molar-refractivity contribution in [3.63, 3.8) is 0 Å². The van der Waals surface area contributed by atoms with Crippen LogP contribution in [0.25, 0.3) is 0 Å². The van der Waals surface area contributed by atoms with Crippen molar-refractivity contribution in [2.24, 2.45) is 0 Å². The van der Waals surface area contributed by atoms with Gasteiger partial charge in [-0.3, -0.25) is 9.59 Å². The molecule has 0 heterocycles. The monoisotopic (exact) mass is 898 g/mol. The fourth-order valence-corrected chi connectivity index (χ4v) is 8.33. The van der Waals surface area contributed by atoms with E-state index in [0.717, 1.165) is 64.2 Å². The molecule has 0 aliphatic heterocycles. The first kappa shape index (κ1) is 61.8. The second-order valence-corrected chi connectivity index (χ2v) is 18.9. The van der Waals surface area contributed by atoms with Gasteiger partial charge in [-0.15, -0.1) is 0 Å². The average Bonchev–Trinajstić information content (AvgIpc) is 3.29. The van der Waals surface area contributed by atoms with E-state index < -0.39 is 12.1 Å². The van der Waals surface area contributed by atoms with Gasteiger partial charge in [0.25, 0.3) is 0 Å². The summed E-state index contributed by atoms with van der Waals surface area (Å²) in [5.41, 5.74) is 0. The second kappa shape index (κ2) is 53.4. The lowest BCUT2D eigenvalue weighted by atomic mass is 10.0. The third-order valence-corrected chi connectivity index (χ3v) is 12.6. The highest BCUT2D eigenvalue weighted by Crippen LogP contribution is 2.16. The van der Waals surface area contributed by atoms with Crippen LogP contribution < -0.4 is 5.32 Å². The molecule has 3 N–H and O–H groups in total. The highest BCUT2D eigenvalue weighted by atomic mass is 16.5. The third-order valence-electron chi connectivity index (χ3n) is 12.6. The number of carbonyl (C=O) groups is 2.